The third-order valence-corrected chi connectivity index (χ3v) is 5.63. The molecule has 8 heteroatoms. The lowest BCUT2D eigenvalue weighted by atomic mass is 10.1. The molecule has 6 nitrogen and oxygen atoms in total. The molecule has 1 aliphatic heterocycles. The minimum Gasteiger partial charge on any atom is -0.325 e. The van der Waals surface area contributed by atoms with E-state index in [2.05, 4.69) is 10.3 Å². The van der Waals surface area contributed by atoms with Crippen LogP contribution in [0.25, 0.3) is 0 Å². The number of rotatable bonds is 6. The summed E-state index contributed by atoms with van der Waals surface area (Å²) >= 11 is 7.13. The highest BCUT2D eigenvalue weighted by molar-refractivity contribution is 8.15. The number of amides is 2. The van der Waals surface area contributed by atoms with Crippen molar-refractivity contribution in [3.63, 3.8) is 0 Å². The summed E-state index contributed by atoms with van der Waals surface area (Å²) in [6, 6.07) is 16.8. The third kappa shape index (κ3) is 5.92. The van der Waals surface area contributed by atoms with Crippen LogP contribution in [-0.2, 0) is 16.0 Å². The van der Waals surface area contributed by atoms with E-state index in [-0.39, 0.29) is 24.1 Å². The fourth-order valence-corrected chi connectivity index (χ4v) is 3.94. The molecule has 1 unspecified atom stereocenters. The largest absolute Gasteiger partial charge is 0.325 e. The molecule has 2 amide bonds. The lowest BCUT2D eigenvalue weighted by Crippen LogP contribution is -2.42. The summed E-state index contributed by atoms with van der Waals surface area (Å²) in [4.78, 5) is 30.3. The summed E-state index contributed by atoms with van der Waals surface area (Å²) in [7, 11) is 0. The van der Waals surface area contributed by atoms with Crippen molar-refractivity contribution < 1.29 is 9.59 Å². The Bertz CT molecular complexity index is 949. The Balaban J connectivity index is 1.67. The Hall–Kier alpha value is -2.64. The molecule has 1 heterocycles. The second-order valence-corrected chi connectivity index (χ2v) is 8.30. The van der Waals surface area contributed by atoms with E-state index in [9.17, 15) is 9.59 Å². The Kier molecular flexibility index (Phi) is 7.06. The molecule has 0 bridgehead atoms. The van der Waals surface area contributed by atoms with Gasteiger partial charge >= 0.3 is 0 Å². The van der Waals surface area contributed by atoms with E-state index >= 15 is 0 Å². The highest BCUT2D eigenvalue weighted by atomic mass is 35.5. The minimum atomic E-state index is -0.509. The molecule has 2 aromatic carbocycles. The lowest BCUT2D eigenvalue weighted by Gasteiger charge is -2.29. The van der Waals surface area contributed by atoms with Crippen LogP contribution in [0.5, 0.6) is 0 Å². The molecule has 0 radical (unpaired) electrons. The molecule has 1 aliphatic rings. The van der Waals surface area contributed by atoms with E-state index in [0.717, 1.165) is 5.56 Å². The zero-order chi connectivity index (χ0) is 20.8. The van der Waals surface area contributed by atoms with Crippen molar-refractivity contribution in [1.29, 1.82) is 5.41 Å². The summed E-state index contributed by atoms with van der Waals surface area (Å²) in [5.41, 5.74) is 1.73. The Morgan fingerprint density at radius 1 is 1.28 bits per heavy atom. The van der Waals surface area contributed by atoms with Crippen LogP contribution in [0.2, 0.25) is 5.02 Å². The molecule has 0 saturated carbocycles. The predicted octanol–water partition coefficient (Wildman–Crippen LogP) is 4.21. The van der Waals surface area contributed by atoms with Gasteiger partial charge < -0.3 is 10.2 Å². The highest BCUT2D eigenvalue weighted by Crippen LogP contribution is 2.23. The number of hydrogen-bond donors (Lipinski definition) is 2. The number of thioether (sulfide) groups is 1. The fraction of sp³-hybridized carbons (Fsp3) is 0.238. The van der Waals surface area contributed by atoms with E-state index in [1.165, 1.54) is 11.8 Å². The van der Waals surface area contributed by atoms with Gasteiger partial charge in [0.15, 0.2) is 5.17 Å². The van der Waals surface area contributed by atoms with Gasteiger partial charge in [0.1, 0.15) is 5.84 Å². The third-order valence-electron chi connectivity index (χ3n) is 4.31. The molecule has 2 aromatic rings. The second kappa shape index (κ2) is 9.71. The van der Waals surface area contributed by atoms with E-state index in [0.29, 0.717) is 28.8 Å². The van der Waals surface area contributed by atoms with Crippen LogP contribution in [0.15, 0.2) is 59.6 Å². The Labute approximate surface area is 178 Å². The monoisotopic (exact) mass is 428 g/mol. The van der Waals surface area contributed by atoms with Crippen molar-refractivity contribution in [3.8, 4) is 0 Å². The number of halogens is 1. The first-order chi connectivity index (χ1) is 13.9. The number of aliphatic imine (C=N–C) groups is 1. The number of amidine groups is 2. The maximum atomic E-state index is 12.6. The van der Waals surface area contributed by atoms with Gasteiger partial charge in [0, 0.05) is 17.3 Å². The summed E-state index contributed by atoms with van der Waals surface area (Å²) < 4.78 is 0. The van der Waals surface area contributed by atoms with Crippen molar-refractivity contribution in [1.82, 2.24) is 4.90 Å². The number of hydrogen-bond acceptors (Lipinski definition) is 4. The average molecular weight is 429 g/mol. The first kappa shape index (κ1) is 21.1. The van der Waals surface area contributed by atoms with Gasteiger partial charge in [-0.25, -0.2) is 0 Å². The van der Waals surface area contributed by atoms with E-state index in [1.807, 2.05) is 30.3 Å². The number of nitrogens with one attached hydrogen (secondary N) is 2. The van der Waals surface area contributed by atoms with Gasteiger partial charge in [-0.2, -0.15) is 4.99 Å². The molecule has 0 aliphatic carbocycles. The van der Waals surface area contributed by atoms with E-state index in [1.54, 1.807) is 36.1 Å². The number of carbonyl (C=O) groups excluding carboxylic acids is 2. The SMILES string of the molecule is CC(SC1=NC(=O)CC(=N)N1CCc1ccccc1)C(=O)Nc1cccc(Cl)c1. The quantitative estimate of drug-likeness (QED) is 0.721. The Morgan fingerprint density at radius 2 is 2.03 bits per heavy atom. The van der Waals surface area contributed by atoms with Crippen molar-refractivity contribution in [2.24, 2.45) is 4.99 Å². The molecule has 0 fully saturated rings. The highest BCUT2D eigenvalue weighted by Gasteiger charge is 2.28. The number of nitrogens with zero attached hydrogens (tertiary/aromatic N) is 2. The molecule has 2 N–H and O–H groups in total. The molecule has 0 spiro atoms. The smallest absolute Gasteiger partial charge is 0.255 e. The predicted molar refractivity (Wildman–Crippen MR) is 119 cm³/mol. The molecule has 1 atom stereocenters. The van der Waals surface area contributed by atoms with Gasteiger partial charge in [0.2, 0.25) is 5.91 Å². The van der Waals surface area contributed by atoms with Crippen LogP contribution in [0.4, 0.5) is 5.69 Å². The van der Waals surface area contributed by atoms with E-state index < -0.39 is 5.25 Å². The van der Waals surface area contributed by atoms with Crippen molar-refractivity contribution >= 4 is 51.9 Å². The molecule has 150 valence electrons. The standard InChI is InChI=1S/C21H21ClN4O2S/c1-14(20(28)24-17-9-5-8-16(22)12-17)29-21-25-19(27)13-18(23)26(21)11-10-15-6-3-2-4-7-15/h2-9,12,14,23H,10-11,13H2,1H3,(H,24,28). The summed E-state index contributed by atoms with van der Waals surface area (Å²) in [5.74, 6) is -0.394. The number of benzene rings is 2. The maximum Gasteiger partial charge on any atom is 0.255 e. The number of carbonyl (C=O) groups is 2. The molecule has 0 saturated heterocycles. The molecular weight excluding hydrogens is 408 g/mol. The molecule has 3 rings (SSSR count). The van der Waals surface area contributed by atoms with Crippen molar-refractivity contribution in [2.45, 2.75) is 25.0 Å². The average Bonchev–Trinajstić information content (AvgIpc) is 2.68. The van der Waals surface area contributed by atoms with E-state index in [4.69, 9.17) is 17.0 Å². The summed E-state index contributed by atoms with van der Waals surface area (Å²) in [5, 5.41) is 11.4. The van der Waals surface area contributed by atoms with Gasteiger partial charge in [0.25, 0.3) is 5.91 Å². The van der Waals surface area contributed by atoms with Gasteiger partial charge in [-0.05, 0) is 37.1 Å². The fourth-order valence-electron chi connectivity index (χ4n) is 2.79. The van der Waals surface area contributed by atoms with Crippen LogP contribution < -0.4 is 5.32 Å². The zero-order valence-electron chi connectivity index (χ0n) is 15.9. The van der Waals surface area contributed by atoms with Crippen LogP contribution >= 0.6 is 23.4 Å². The first-order valence-corrected chi connectivity index (χ1v) is 10.4. The summed E-state index contributed by atoms with van der Waals surface area (Å²) in [6.07, 6.45) is 0.683. The van der Waals surface area contributed by atoms with Gasteiger partial charge in [-0.15, -0.1) is 0 Å². The van der Waals surface area contributed by atoms with Crippen molar-refractivity contribution in [2.75, 3.05) is 11.9 Å². The molecular formula is C21H21ClN4O2S. The van der Waals surface area contributed by atoms with Gasteiger partial charge in [-0.1, -0.05) is 59.8 Å². The first-order valence-electron chi connectivity index (χ1n) is 9.16. The zero-order valence-corrected chi connectivity index (χ0v) is 17.5. The normalized spacial score (nSPS) is 15.1. The maximum absolute atomic E-state index is 12.6. The van der Waals surface area contributed by atoms with Gasteiger partial charge in [-0.3, -0.25) is 15.0 Å². The van der Waals surface area contributed by atoms with Gasteiger partial charge in [0.05, 0.1) is 11.7 Å². The van der Waals surface area contributed by atoms with Crippen LogP contribution in [0, 0.1) is 5.41 Å². The van der Waals surface area contributed by atoms with Crippen LogP contribution in [0.3, 0.4) is 0 Å². The van der Waals surface area contributed by atoms with Crippen LogP contribution in [0.1, 0.15) is 18.9 Å². The second-order valence-electron chi connectivity index (χ2n) is 6.56. The molecule has 0 aromatic heterocycles. The number of anilines is 1. The lowest BCUT2D eigenvalue weighted by molar-refractivity contribution is -0.117. The molecule has 29 heavy (non-hydrogen) atoms. The van der Waals surface area contributed by atoms with Crippen molar-refractivity contribution in [3.05, 3.63) is 65.2 Å². The summed E-state index contributed by atoms with van der Waals surface area (Å²) in [6.45, 7) is 2.26. The topological polar surface area (TPSA) is 85.6 Å². The Morgan fingerprint density at radius 3 is 2.76 bits per heavy atom. The minimum absolute atomic E-state index is 0.0259. The van der Waals surface area contributed by atoms with Crippen LogP contribution in [-0.4, -0.2) is 39.5 Å².